The molecular weight excluding hydrogens is 428 g/mol. The molecule has 0 unspecified atom stereocenters. The van der Waals surface area contributed by atoms with Crippen LogP contribution in [0, 0.1) is 6.92 Å². The van der Waals surface area contributed by atoms with Crippen molar-refractivity contribution in [2.24, 2.45) is 0 Å². The molecule has 0 bridgehead atoms. The summed E-state index contributed by atoms with van der Waals surface area (Å²) in [7, 11) is 3.09. The highest BCUT2D eigenvalue weighted by atomic mass is 35.5. The summed E-state index contributed by atoms with van der Waals surface area (Å²) in [5.74, 6) is 0.368. The molecule has 6 nitrogen and oxygen atoms in total. The molecule has 0 saturated heterocycles. The van der Waals surface area contributed by atoms with Gasteiger partial charge in [-0.2, -0.15) is 0 Å². The van der Waals surface area contributed by atoms with Crippen LogP contribution in [-0.4, -0.2) is 37.4 Å². The number of methoxy groups -OCH3 is 1. The quantitative estimate of drug-likeness (QED) is 0.525. The first-order valence-corrected chi connectivity index (χ1v) is 10.4. The number of nitrogens with one attached hydrogen (secondary N) is 1. The van der Waals surface area contributed by atoms with Gasteiger partial charge in [-0.25, -0.2) is 0 Å². The number of carbonyl (C=O) groups is 2. The standard InChI is InChI=1S/C25H25ClN2O4/c1-17-4-11-21(12-5-17)27-24(29)15-28(2)25(30)19-8-13-22(23(14-19)31-3)32-16-18-6-9-20(26)10-7-18/h4-14H,15-16H2,1-3H3,(H,27,29). The Labute approximate surface area is 192 Å². The fourth-order valence-corrected chi connectivity index (χ4v) is 3.13. The highest BCUT2D eigenvalue weighted by Gasteiger charge is 2.17. The number of amides is 2. The largest absolute Gasteiger partial charge is 0.493 e. The van der Waals surface area contributed by atoms with E-state index in [4.69, 9.17) is 21.1 Å². The molecule has 0 aromatic heterocycles. The first-order chi connectivity index (χ1) is 15.4. The van der Waals surface area contributed by atoms with Crippen LogP contribution in [-0.2, 0) is 11.4 Å². The van der Waals surface area contributed by atoms with E-state index in [0.29, 0.717) is 34.4 Å². The second kappa shape index (κ2) is 10.7. The zero-order chi connectivity index (χ0) is 23.1. The molecule has 3 rings (SSSR count). The molecule has 0 aliphatic heterocycles. The van der Waals surface area contributed by atoms with Crippen LogP contribution >= 0.6 is 11.6 Å². The molecule has 0 fully saturated rings. The van der Waals surface area contributed by atoms with Gasteiger partial charge in [0.25, 0.3) is 5.91 Å². The molecule has 3 aromatic carbocycles. The zero-order valence-electron chi connectivity index (χ0n) is 18.2. The van der Waals surface area contributed by atoms with Crippen LogP contribution in [0.25, 0.3) is 0 Å². The number of likely N-dealkylation sites (N-methyl/N-ethyl adjacent to an activating group) is 1. The van der Waals surface area contributed by atoms with Crippen LogP contribution in [0.2, 0.25) is 5.02 Å². The number of nitrogens with zero attached hydrogens (tertiary/aromatic N) is 1. The molecule has 0 atom stereocenters. The minimum Gasteiger partial charge on any atom is -0.493 e. The predicted octanol–water partition coefficient (Wildman–Crippen LogP) is 4.95. The molecule has 0 saturated carbocycles. The van der Waals surface area contributed by atoms with Gasteiger partial charge in [0.15, 0.2) is 11.5 Å². The summed E-state index contributed by atoms with van der Waals surface area (Å²) < 4.78 is 11.2. The van der Waals surface area contributed by atoms with E-state index in [1.807, 2.05) is 43.3 Å². The lowest BCUT2D eigenvalue weighted by Crippen LogP contribution is -2.34. The van der Waals surface area contributed by atoms with Crippen LogP contribution in [0.1, 0.15) is 21.5 Å². The summed E-state index contributed by atoms with van der Waals surface area (Å²) in [5.41, 5.74) is 3.14. The Hall–Kier alpha value is -3.51. The van der Waals surface area contributed by atoms with Crippen molar-refractivity contribution in [3.05, 3.63) is 88.4 Å². The number of carbonyl (C=O) groups excluding carboxylic acids is 2. The van der Waals surface area contributed by atoms with Gasteiger partial charge < -0.3 is 19.7 Å². The van der Waals surface area contributed by atoms with Crippen molar-refractivity contribution in [1.82, 2.24) is 4.90 Å². The Morgan fingerprint density at radius 2 is 1.66 bits per heavy atom. The van der Waals surface area contributed by atoms with E-state index in [1.165, 1.54) is 12.0 Å². The van der Waals surface area contributed by atoms with Gasteiger partial charge in [0.2, 0.25) is 5.91 Å². The van der Waals surface area contributed by atoms with Crippen LogP contribution in [0.4, 0.5) is 5.69 Å². The van der Waals surface area contributed by atoms with Crippen LogP contribution in [0.3, 0.4) is 0 Å². The van der Waals surface area contributed by atoms with Crippen molar-refractivity contribution >= 4 is 29.1 Å². The summed E-state index contributed by atoms with van der Waals surface area (Å²) in [4.78, 5) is 26.5. The van der Waals surface area contributed by atoms with Crippen LogP contribution in [0.5, 0.6) is 11.5 Å². The molecule has 0 heterocycles. The summed E-state index contributed by atoms with van der Waals surface area (Å²) in [6.07, 6.45) is 0. The number of halogens is 1. The Morgan fingerprint density at radius 1 is 0.969 bits per heavy atom. The maximum atomic E-state index is 12.8. The van der Waals surface area contributed by atoms with Crippen molar-refractivity contribution in [2.45, 2.75) is 13.5 Å². The molecule has 32 heavy (non-hydrogen) atoms. The number of hydrogen-bond acceptors (Lipinski definition) is 4. The van der Waals surface area contributed by atoms with Gasteiger partial charge in [0.1, 0.15) is 6.61 Å². The van der Waals surface area contributed by atoms with Gasteiger partial charge in [0, 0.05) is 23.3 Å². The Balaban J connectivity index is 1.61. The number of benzene rings is 3. The van der Waals surface area contributed by atoms with E-state index in [1.54, 1.807) is 37.4 Å². The highest BCUT2D eigenvalue weighted by molar-refractivity contribution is 6.30. The molecule has 0 aliphatic rings. The third kappa shape index (κ3) is 6.25. The van der Waals surface area contributed by atoms with Gasteiger partial charge in [-0.15, -0.1) is 0 Å². The lowest BCUT2D eigenvalue weighted by molar-refractivity contribution is -0.116. The average molecular weight is 453 g/mol. The summed E-state index contributed by atoms with van der Waals surface area (Å²) in [6.45, 7) is 2.23. The van der Waals surface area contributed by atoms with Crippen molar-refractivity contribution in [3.8, 4) is 11.5 Å². The maximum Gasteiger partial charge on any atom is 0.254 e. The maximum absolute atomic E-state index is 12.8. The molecule has 0 aliphatic carbocycles. The smallest absolute Gasteiger partial charge is 0.254 e. The summed E-state index contributed by atoms with van der Waals surface area (Å²) in [6, 6.07) is 19.7. The van der Waals surface area contributed by atoms with Gasteiger partial charge >= 0.3 is 0 Å². The Kier molecular flexibility index (Phi) is 7.73. The monoisotopic (exact) mass is 452 g/mol. The summed E-state index contributed by atoms with van der Waals surface area (Å²) >= 11 is 5.90. The molecule has 166 valence electrons. The first-order valence-electron chi connectivity index (χ1n) is 10.0. The van der Waals surface area contributed by atoms with Crippen molar-refractivity contribution < 1.29 is 19.1 Å². The molecule has 2 amide bonds. The molecule has 0 radical (unpaired) electrons. The van der Waals surface area contributed by atoms with Gasteiger partial charge in [0.05, 0.1) is 13.7 Å². The lowest BCUT2D eigenvalue weighted by atomic mass is 10.1. The fourth-order valence-electron chi connectivity index (χ4n) is 3.01. The first kappa shape index (κ1) is 23.2. The molecule has 1 N–H and O–H groups in total. The van der Waals surface area contributed by atoms with Gasteiger partial charge in [-0.3, -0.25) is 9.59 Å². The minimum absolute atomic E-state index is 0.0795. The lowest BCUT2D eigenvalue weighted by Gasteiger charge is -2.18. The molecule has 0 spiro atoms. The molecule has 7 heteroatoms. The number of hydrogen-bond donors (Lipinski definition) is 1. The fraction of sp³-hybridized carbons (Fsp3) is 0.200. The number of aryl methyl sites for hydroxylation is 1. The van der Waals surface area contributed by atoms with Gasteiger partial charge in [-0.05, 0) is 55.0 Å². The highest BCUT2D eigenvalue weighted by Crippen LogP contribution is 2.29. The predicted molar refractivity (Wildman–Crippen MR) is 126 cm³/mol. The third-order valence-electron chi connectivity index (χ3n) is 4.78. The van der Waals surface area contributed by atoms with E-state index in [9.17, 15) is 9.59 Å². The Morgan fingerprint density at radius 3 is 2.31 bits per heavy atom. The van der Waals surface area contributed by atoms with Crippen molar-refractivity contribution in [2.75, 3.05) is 26.0 Å². The molecular formula is C25H25ClN2O4. The van der Waals surface area contributed by atoms with Crippen molar-refractivity contribution in [3.63, 3.8) is 0 Å². The second-order valence-electron chi connectivity index (χ2n) is 7.36. The average Bonchev–Trinajstić information content (AvgIpc) is 2.79. The van der Waals surface area contributed by atoms with Crippen LogP contribution < -0.4 is 14.8 Å². The summed E-state index contributed by atoms with van der Waals surface area (Å²) in [5, 5.41) is 3.45. The van der Waals surface area contributed by atoms with E-state index < -0.39 is 0 Å². The van der Waals surface area contributed by atoms with E-state index >= 15 is 0 Å². The van der Waals surface area contributed by atoms with E-state index in [0.717, 1.165) is 11.1 Å². The SMILES string of the molecule is COc1cc(C(=O)N(C)CC(=O)Nc2ccc(C)cc2)ccc1OCc1ccc(Cl)cc1. The van der Waals surface area contributed by atoms with Gasteiger partial charge in [-0.1, -0.05) is 41.4 Å². The van der Waals surface area contributed by atoms with E-state index in [2.05, 4.69) is 5.32 Å². The third-order valence-corrected chi connectivity index (χ3v) is 5.03. The minimum atomic E-state index is -0.299. The zero-order valence-corrected chi connectivity index (χ0v) is 19.0. The van der Waals surface area contributed by atoms with E-state index in [-0.39, 0.29) is 18.4 Å². The number of anilines is 1. The Bertz CT molecular complexity index is 1080. The number of rotatable bonds is 8. The van der Waals surface area contributed by atoms with Crippen molar-refractivity contribution in [1.29, 1.82) is 0 Å². The van der Waals surface area contributed by atoms with Crippen LogP contribution in [0.15, 0.2) is 66.7 Å². The topological polar surface area (TPSA) is 67.9 Å². The molecule has 3 aromatic rings. The number of ether oxygens (including phenoxy) is 2. The normalized spacial score (nSPS) is 10.4. The second-order valence-corrected chi connectivity index (χ2v) is 7.79.